The van der Waals surface area contributed by atoms with Crippen LogP contribution in [-0.4, -0.2) is 65.8 Å². The molecule has 0 unspecified atom stereocenters. The highest BCUT2D eigenvalue weighted by Gasteiger charge is 2.31. The molecule has 3 rings (SSSR count). The molecule has 1 atom stereocenters. The Bertz CT molecular complexity index is 555. The van der Waals surface area contributed by atoms with Gasteiger partial charge in [0.1, 0.15) is 0 Å². The fraction of sp³-hybridized carbons (Fsp3) is 0.556. The average molecular weight is 315 g/mol. The van der Waals surface area contributed by atoms with Crippen molar-refractivity contribution in [2.45, 2.75) is 25.8 Å². The third-order valence-electron chi connectivity index (χ3n) is 4.87. The SMILES string of the molecule is CC(=O)N1CCN(CC(=O)N2CCCC2)C[C@@H]1c1ccccc1. The Balaban J connectivity index is 1.68. The lowest BCUT2D eigenvalue weighted by Crippen LogP contribution is -2.52. The van der Waals surface area contributed by atoms with E-state index in [1.54, 1.807) is 6.92 Å². The molecule has 23 heavy (non-hydrogen) atoms. The molecule has 124 valence electrons. The number of rotatable bonds is 3. The zero-order valence-corrected chi connectivity index (χ0v) is 13.8. The van der Waals surface area contributed by atoms with Crippen molar-refractivity contribution < 1.29 is 9.59 Å². The molecule has 2 aliphatic heterocycles. The van der Waals surface area contributed by atoms with Gasteiger partial charge in [-0.1, -0.05) is 30.3 Å². The summed E-state index contributed by atoms with van der Waals surface area (Å²) in [5.41, 5.74) is 1.14. The molecule has 2 saturated heterocycles. The van der Waals surface area contributed by atoms with Crippen molar-refractivity contribution in [1.82, 2.24) is 14.7 Å². The molecular formula is C18H25N3O2. The van der Waals surface area contributed by atoms with Crippen LogP contribution in [0.5, 0.6) is 0 Å². The van der Waals surface area contributed by atoms with E-state index in [0.29, 0.717) is 13.1 Å². The third-order valence-corrected chi connectivity index (χ3v) is 4.87. The van der Waals surface area contributed by atoms with Crippen LogP contribution in [0.25, 0.3) is 0 Å². The third kappa shape index (κ3) is 3.72. The van der Waals surface area contributed by atoms with Gasteiger partial charge in [0.25, 0.3) is 0 Å². The average Bonchev–Trinajstić information content (AvgIpc) is 3.10. The van der Waals surface area contributed by atoms with Gasteiger partial charge >= 0.3 is 0 Å². The second-order valence-corrected chi connectivity index (χ2v) is 6.46. The first-order chi connectivity index (χ1) is 11.1. The van der Waals surface area contributed by atoms with Gasteiger partial charge in [-0.05, 0) is 18.4 Å². The van der Waals surface area contributed by atoms with E-state index in [4.69, 9.17) is 0 Å². The van der Waals surface area contributed by atoms with Gasteiger partial charge in [0, 0.05) is 39.6 Å². The Kier molecular flexibility index (Phi) is 4.96. The smallest absolute Gasteiger partial charge is 0.236 e. The Morgan fingerprint density at radius 1 is 1.04 bits per heavy atom. The van der Waals surface area contributed by atoms with Crippen LogP contribution in [0.2, 0.25) is 0 Å². The molecule has 1 aromatic carbocycles. The van der Waals surface area contributed by atoms with Crippen molar-refractivity contribution in [3.8, 4) is 0 Å². The number of hydrogen-bond acceptors (Lipinski definition) is 3. The predicted molar refractivity (Wildman–Crippen MR) is 88.8 cm³/mol. The molecule has 0 N–H and O–H groups in total. The van der Waals surface area contributed by atoms with E-state index in [-0.39, 0.29) is 17.9 Å². The first kappa shape index (κ1) is 16.0. The summed E-state index contributed by atoms with van der Waals surface area (Å²) in [6.45, 7) is 6.06. The maximum absolute atomic E-state index is 12.4. The molecule has 0 radical (unpaired) electrons. The highest BCUT2D eigenvalue weighted by atomic mass is 16.2. The van der Waals surface area contributed by atoms with E-state index in [9.17, 15) is 9.59 Å². The second-order valence-electron chi connectivity index (χ2n) is 6.46. The van der Waals surface area contributed by atoms with Gasteiger partial charge in [-0.3, -0.25) is 14.5 Å². The number of hydrogen-bond donors (Lipinski definition) is 0. The van der Waals surface area contributed by atoms with Crippen molar-refractivity contribution in [1.29, 1.82) is 0 Å². The van der Waals surface area contributed by atoms with Crippen molar-refractivity contribution in [3.63, 3.8) is 0 Å². The summed E-state index contributed by atoms with van der Waals surface area (Å²) in [5.74, 6) is 0.329. The molecule has 0 aromatic heterocycles. The Hall–Kier alpha value is -1.88. The number of benzene rings is 1. The minimum absolute atomic E-state index is 0.0360. The maximum Gasteiger partial charge on any atom is 0.236 e. The fourth-order valence-electron chi connectivity index (χ4n) is 3.58. The van der Waals surface area contributed by atoms with Gasteiger partial charge < -0.3 is 9.80 Å². The summed E-state index contributed by atoms with van der Waals surface area (Å²) in [4.78, 5) is 30.4. The number of piperazine rings is 1. The predicted octanol–water partition coefficient (Wildman–Crippen LogP) is 1.51. The highest BCUT2D eigenvalue weighted by molar-refractivity contribution is 5.78. The van der Waals surface area contributed by atoms with E-state index in [0.717, 1.165) is 44.6 Å². The number of carbonyl (C=O) groups is 2. The van der Waals surface area contributed by atoms with Crippen LogP contribution in [0.4, 0.5) is 0 Å². The van der Waals surface area contributed by atoms with E-state index < -0.39 is 0 Å². The normalized spacial score (nSPS) is 22.4. The largest absolute Gasteiger partial charge is 0.342 e. The van der Waals surface area contributed by atoms with Gasteiger partial charge in [-0.2, -0.15) is 0 Å². The van der Waals surface area contributed by atoms with E-state index in [1.807, 2.05) is 28.0 Å². The monoisotopic (exact) mass is 315 g/mol. The number of nitrogens with zero attached hydrogens (tertiary/aromatic N) is 3. The zero-order valence-electron chi connectivity index (χ0n) is 13.8. The lowest BCUT2D eigenvalue weighted by Gasteiger charge is -2.41. The van der Waals surface area contributed by atoms with Crippen LogP contribution < -0.4 is 0 Å². The summed E-state index contributed by atoms with van der Waals surface area (Å²) in [6.07, 6.45) is 2.24. The zero-order chi connectivity index (χ0) is 16.2. The maximum atomic E-state index is 12.4. The minimum atomic E-state index is 0.0360. The first-order valence-corrected chi connectivity index (χ1v) is 8.47. The van der Waals surface area contributed by atoms with Crippen LogP contribution in [0.15, 0.2) is 30.3 Å². The fourth-order valence-corrected chi connectivity index (χ4v) is 3.58. The van der Waals surface area contributed by atoms with Crippen LogP contribution in [0.3, 0.4) is 0 Å². The van der Waals surface area contributed by atoms with Crippen molar-refractivity contribution in [3.05, 3.63) is 35.9 Å². The van der Waals surface area contributed by atoms with Gasteiger partial charge in [-0.15, -0.1) is 0 Å². The standard InChI is InChI=1S/C18H25N3O2/c1-15(22)21-12-11-19(14-18(23)20-9-5-6-10-20)13-17(21)16-7-3-2-4-8-16/h2-4,7-8,17H,5-6,9-14H2,1H3/t17-/m1/s1. The molecular weight excluding hydrogens is 290 g/mol. The summed E-state index contributed by atoms with van der Waals surface area (Å²) >= 11 is 0. The van der Waals surface area contributed by atoms with E-state index in [1.165, 1.54) is 0 Å². The molecule has 5 heteroatoms. The van der Waals surface area contributed by atoms with E-state index >= 15 is 0 Å². The van der Waals surface area contributed by atoms with Crippen LogP contribution in [0, 0.1) is 0 Å². The van der Waals surface area contributed by atoms with Crippen LogP contribution >= 0.6 is 0 Å². The Labute approximate surface area is 137 Å². The molecule has 0 saturated carbocycles. The molecule has 2 fully saturated rings. The molecule has 0 spiro atoms. The van der Waals surface area contributed by atoms with E-state index in [2.05, 4.69) is 17.0 Å². The van der Waals surface area contributed by atoms with Crippen molar-refractivity contribution in [2.75, 3.05) is 39.3 Å². The minimum Gasteiger partial charge on any atom is -0.342 e. The van der Waals surface area contributed by atoms with Gasteiger partial charge in [0.2, 0.25) is 11.8 Å². The van der Waals surface area contributed by atoms with Crippen LogP contribution in [-0.2, 0) is 9.59 Å². The summed E-state index contributed by atoms with van der Waals surface area (Å²) < 4.78 is 0. The number of carbonyl (C=O) groups excluding carboxylic acids is 2. The summed E-state index contributed by atoms with van der Waals surface area (Å²) in [6, 6.07) is 10.1. The molecule has 5 nitrogen and oxygen atoms in total. The van der Waals surface area contributed by atoms with Crippen molar-refractivity contribution >= 4 is 11.8 Å². The summed E-state index contributed by atoms with van der Waals surface area (Å²) in [7, 11) is 0. The van der Waals surface area contributed by atoms with Gasteiger partial charge in [0.15, 0.2) is 0 Å². The molecule has 0 bridgehead atoms. The van der Waals surface area contributed by atoms with Gasteiger partial charge in [-0.25, -0.2) is 0 Å². The number of likely N-dealkylation sites (tertiary alicyclic amines) is 1. The highest BCUT2D eigenvalue weighted by Crippen LogP contribution is 2.25. The Morgan fingerprint density at radius 3 is 2.39 bits per heavy atom. The number of amides is 2. The lowest BCUT2D eigenvalue weighted by molar-refractivity contribution is -0.136. The molecule has 0 aliphatic carbocycles. The van der Waals surface area contributed by atoms with Crippen molar-refractivity contribution in [2.24, 2.45) is 0 Å². The molecule has 2 aliphatic rings. The quantitative estimate of drug-likeness (QED) is 0.849. The topological polar surface area (TPSA) is 43.9 Å². The van der Waals surface area contributed by atoms with Crippen LogP contribution in [0.1, 0.15) is 31.4 Å². The Morgan fingerprint density at radius 2 is 1.74 bits per heavy atom. The molecule has 1 aromatic rings. The molecule has 2 heterocycles. The first-order valence-electron chi connectivity index (χ1n) is 8.47. The lowest BCUT2D eigenvalue weighted by atomic mass is 10.0. The molecule has 2 amide bonds. The van der Waals surface area contributed by atoms with Gasteiger partial charge in [0.05, 0.1) is 12.6 Å². The summed E-state index contributed by atoms with van der Waals surface area (Å²) in [5, 5.41) is 0. The second kappa shape index (κ2) is 7.13.